The van der Waals surface area contributed by atoms with Gasteiger partial charge in [0, 0.05) is 0 Å². The molecule has 202 valence electrons. The minimum Gasteiger partial charge on any atom is -0.497 e. The molecule has 3 atom stereocenters. The summed E-state index contributed by atoms with van der Waals surface area (Å²) >= 11 is 0. The molecule has 0 N–H and O–H groups in total. The molecule has 0 unspecified atom stereocenters. The first-order chi connectivity index (χ1) is 16.9. The molecule has 36 heavy (non-hydrogen) atoms. The van der Waals surface area contributed by atoms with Crippen molar-refractivity contribution in [3.8, 4) is 5.75 Å². The Bertz CT molecular complexity index is 895. The van der Waals surface area contributed by atoms with Gasteiger partial charge < -0.3 is 23.4 Å². The van der Waals surface area contributed by atoms with Crippen LogP contribution < -0.4 is 4.74 Å². The molecule has 0 radical (unpaired) electrons. The summed E-state index contributed by atoms with van der Waals surface area (Å²) in [4.78, 5) is 0. The molecule has 0 bridgehead atoms. The summed E-state index contributed by atoms with van der Waals surface area (Å²) in [6.45, 7) is 20.5. The van der Waals surface area contributed by atoms with E-state index in [-0.39, 0.29) is 23.4 Å². The number of benzene rings is 1. The normalized spacial score (nSPS) is 23.6. The first-order valence-electron chi connectivity index (χ1n) is 13.0. The summed E-state index contributed by atoms with van der Waals surface area (Å²) in [6.07, 6.45) is 6.48. The Morgan fingerprint density at radius 1 is 1.17 bits per heavy atom. The molecule has 0 aromatic heterocycles. The zero-order chi connectivity index (χ0) is 26.9. The second kappa shape index (κ2) is 13.6. The average molecular weight is 517 g/mol. The molecule has 0 spiro atoms. The van der Waals surface area contributed by atoms with Crippen LogP contribution in [0.2, 0.25) is 18.1 Å². The quantitative estimate of drug-likeness (QED) is 0.139. The molecular weight excluding hydrogens is 468 g/mol. The van der Waals surface area contributed by atoms with Crippen molar-refractivity contribution in [2.75, 3.05) is 20.8 Å². The second-order valence-electron chi connectivity index (χ2n) is 11.3. The maximum absolute atomic E-state index is 6.78. The fraction of sp³-hybridized carbons (Fsp3) is 0.600. The number of hydrogen-bond donors (Lipinski definition) is 0. The van der Waals surface area contributed by atoms with Crippen molar-refractivity contribution in [3.63, 3.8) is 0 Å². The maximum atomic E-state index is 6.78. The first kappa shape index (κ1) is 30.4. The molecule has 0 saturated carbocycles. The summed E-state index contributed by atoms with van der Waals surface area (Å²) in [5.74, 6) is 1.60. The highest BCUT2D eigenvalue weighted by atomic mass is 28.4. The van der Waals surface area contributed by atoms with Gasteiger partial charge in [-0.3, -0.25) is 0 Å². The van der Waals surface area contributed by atoms with Gasteiger partial charge in [-0.1, -0.05) is 51.1 Å². The van der Waals surface area contributed by atoms with Gasteiger partial charge in [0.15, 0.2) is 8.32 Å². The van der Waals surface area contributed by atoms with E-state index in [9.17, 15) is 0 Å². The Balaban J connectivity index is 2.32. The third kappa shape index (κ3) is 9.22. The zero-order valence-corrected chi connectivity index (χ0v) is 25.0. The van der Waals surface area contributed by atoms with Crippen LogP contribution in [0.25, 0.3) is 0 Å². The molecule has 0 fully saturated rings. The smallest absolute Gasteiger partial charge is 0.192 e. The molecule has 0 saturated heterocycles. The van der Waals surface area contributed by atoms with Crippen molar-refractivity contribution in [2.45, 2.75) is 96.9 Å². The molecule has 0 aliphatic carbocycles. The summed E-state index contributed by atoms with van der Waals surface area (Å²) in [7, 11) is 1.39. The molecule has 1 aromatic carbocycles. The van der Waals surface area contributed by atoms with E-state index in [0.29, 0.717) is 13.2 Å². The van der Waals surface area contributed by atoms with Crippen LogP contribution in [0.4, 0.5) is 0 Å². The molecule has 1 heterocycles. The lowest BCUT2D eigenvalue weighted by atomic mass is 10.1. The Morgan fingerprint density at radius 3 is 2.39 bits per heavy atom. The molecule has 1 aliphatic heterocycles. The number of allylic oxidation sites excluding steroid dienone is 2. The molecule has 5 nitrogen and oxygen atoms in total. The van der Waals surface area contributed by atoms with E-state index in [1.54, 1.807) is 14.2 Å². The molecule has 1 aliphatic rings. The van der Waals surface area contributed by atoms with Gasteiger partial charge in [0.1, 0.15) is 17.6 Å². The summed E-state index contributed by atoms with van der Waals surface area (Å²) < 4.78 is 30.9. The van der Waals surface area contributed by atoms with Gasteiger partial charge in [0.2, 0.25) is 0 Å². The fourth-order valence-corrected chi connectivity index (χ4v) is 4.88. The van der Waals surface area contributed by atoms with Crippen LogP contribution in [-0.2, 0) is 25.2 Å². The SMILES string of the molecule is C=C(C)/C(=C/[C@H]1C/C(C)=C\CC[C@@H](OCc2ccc(OC)cc2)[C@@H](CO[Si](C)(C)C(C)(C)C)O1)OC. The minimum atomic E-state index is -1.97. The highest BCUT2D eigenvalue weighted by Crippen LogP contribution is 2.37. The van der Waals surface area contributed by atoms with Crippen molar-refractivity contribution in [2.24, 2.45) is 0 Å². The van der Waals surface area contributed by atoms with E-state index in [4.69, 9.17) is 23.4 Å². The minimum absolute atomic E-state index is 0.106. The van der Waals surface area contributed by atoms with Crippen LogP contribution in [0.3, 0.4) is 0 Å². The third-order valence-corrected chi connectivity index (χ3v) is 11.7. The molecule has 1 aromatic rings. The largest absolute Gasteiger partial charge is 0.497 e. The highest BCUT2D eigenvalue weighted by Gasteiger charge is 2.39. The number of methoxy groups -OCH3 is 2. The van der Waals surface area contributed by atoms with E-state index < -0.39 is 8.32 Å². The zero-order valence-electron chi connectivity index (χ0n) is 24.0. The van der Waals surface area contributed by atoms with Gasteiger partial charge in [0.25, 0.3) is 0 Å². The van der Waals surface area contributed by atoms with E-state index in [2.05, 4.69) is 53.4 Å². The second-order valence-corrected chi connectivity index (χ2v) is 16.1. The summed E-state index contributed by atoms with van der Waals surface area (Å²) in [5.41, 5.74) is 3.28. The Hall–Kier alpha value is -1.86. The number of hydrogen-bond acceptors (Lipinski definition) is 5. The number of ether oxygens (including phenoxy) is 4. The highest BCUT2D eigenvalue weighted by molar-refractivity contribution is 6.74. The summed E-state index contributed by atoms with van der Waals surface area (Å²) in [6, 6.07) is 8.02. The van der Waals surface area contributed by atoms with E-state index in [1.165, 1.54) is 5.57 Å². The van der Waals surface area contributed by atoms with Crippen molar-refractivity contribution >= 4 is 8.32 Å². The molecule has 0 amide bonds. The summed E-state index contributed by atoms with van der Waals surface area (Å²) in [5, 5.41) is 0.117. The lowest BCUT2D eigenvalue weighted by molar-refractivity contribution is -0.113. The molecular formula is C30H48O5Si. The van der Waals surface area contributed by atoms with Crippen LogP contribution in [0.1, 0.15) is 59.4 Å². The van der Waals surface area contributed by atoms with Crippen LogP contribution >= 0.6 is 0 Å². The van der Waals surface area contributed by atoms with Gasteiger partial charge in [-0.15, -0.1) is 0 Å². The standard InChI is InChI=1S/C30H48O5Si/c1-22(2)28(32-8)19-26-18-23(3)12-11-13-27(33-20-24-14-16-25(31-7)17-15-24)29(35-26)21-34-36(9,10)30(4,5)6/h12,14-17,19,26-27,29H,1,11,13,18,20-21H2,2-10H3/b23-12-,28-19-/t26-,27-,29-/m1/s1. The van der Waals surface area contributed by atoms with Gasteiger partial charge in [-0.2, -0.15) is 0 Å². The fourth-order valence-electron chi connectivity index (χ4n) is 3.86. The predicted molar refractivity (Wildman–Crippen MR) is 151 cm³/mol. The monoisotopic (exact) mass is 516 g/mol. The van der Waals surface area contributed by atoms with Crippen LogP contribution in [0.15, 0.2) is 59.9 Å². The van der Waals surface area contributed by atoms with E-state index in [1.807, 2.05) is 37.3 Å². The third-order valence-electron chi connectivity index (χ3n) is 7.25. The van der Waals surface area contributed by atoms with Gasteiger partial charge in [0.05, 0.1) is 39.6 Å². The maximum Gasteiger partial charge on any atom is 0.192 e. The van der Waals surface area contributed by atoms with Gasteiger partial charge in [-0.25, -0.2) is 0 Å². The first-order valence-corrected chi connectivity index (χ1v) is 15.9. The van der Waals surface area contributed by atoms with Crippen LogP contribution in [-0.4, -0.2) is 47.5 Å². The predicted octanol–water partition coefficient (Wildman–Crippen LogP) is 7.59. The van der Waals surface area contributed by atoms with Crippen LogP contribution in [0, 0.1) is 0 Å². The van der Waals surface area contributed by atoms with Gasteiger partial charge in [-0.05, 0) is 80.6 Å². The molecule has 2 rings (SSSR count). The van der Waals surface area contributed by atoms with Crippen molar-refractivity contribution in [3.05, 3.63) is 65.5 Å². The topological polar surface area (TPSA) is 46.2 Å². The van der Waals surface area contributed by atoms with E-state index >= 15 is 0 Å². The number of rotatable bonds is 10. The van der Waals surface area contributed by atoms with E-state index in [0.717, 1.165) is 41.9 Å². The Kier molecular flexibility index (Phi) is 11.5. The Morgan fingerprint density at radius 2 is 1.83 bits per heavy atom. The van der Waals surface area contributed by atoms with Gasteiger partial charge >= 0.3 is 0 Å². The lowest BCUT2D eigenvalue weighted by Crippen LogP contribution is -2.46. The van der Waals surface area contributed by atoms with Crippen molar-refractivity contribution < 1.29 is 23.4 Å². The lowest BCUT2D eigenvalue weighted by Gasteiger charge is -2.39. The van der Waals surface area contributed by atoms with Crippen LogP contribution in [0.5, 0.6) is 5.75 Å². The van der Waals surface area contributed by atoms with Crippen molar-refractivity contribution in [1.29, 1.82) is 0 Å². The Labute approximate surface area is 220 Å². The average Bonchev–Trinajstić information content (AvgIpc) is 2.88. The van der Waals surface area contributed by atoms with Crippen molar-refractivity contribution in [1.82, 2.24) is 0 Å². The molecule has 6 heteroatoms.